The highest BCUT2D eigenvalue weighted by Crippen LogP contribution is 2.36. The summed E-state index contributed by atoms with van der Waals surface area (Å²) >= 11 is 0. The van der Waals surface area contributed by atoms with Crippen LogP contribution in [-0.4, -0.2) is 18.6 Å². The number of nitrogens with one attached hydrogen (secondary N) is 1. The number of rotatable bonds is 6. The van der Waals surface area contributed by atoms with Crippen LogP contribution in [0.25, 0.3) is 0 Å². The molecule has 1 aliphatic rings. The van der Waals surface area contributed by atoms with Gasteiger partial charge in [-0.05, 0) is 47.9 Å². The SMILES string of the molecule is Cc1ccc2c(c1)OC[C@@H](CC(=O)NCc1ccccc1)N2Cc1ccc(F)cc1. The van der Waals surface area contributed by atoms with Crippen LogP contribution in [0, 0.1) is 12.7 Å². The minimum atomic E-state index is -0.256. The van der Waals surface area contributed by atoms with Gasteiger partial charge in [-0.2, -0.15) is 0 Å². The number of carbonyl (C=O) groups excluding carboxylic acids is 1. The van der Waals surface area contributed by atoms with E-state index in [1.165, 1.54) is 12.1 Å². The van der Waals surface area contributed by atoms with Crippen LogP contribution in [0.3, 0.4) is 0 Å². The highest BCUT2D eigenvalue weighted by atomic mass is 19.1. The van der Waals surface area contributed by atoms with Gasteiger partial charge in [0, 0.05) is 13.1 Å². The highest BCUT2D eigenvalue weighted by molar-refractivity contribution is 5.77. The number of benzene rings is 3. The number of halogens is 1. The third-order valence-electron chi connectivity index (χ3n) is 5.32. The number of amides is 1. The predicted octanol–water partition coefficient (Wildman–Crippen LogP) is 4.61. The molecule has 0 unspecified atom stereocenters. The molecule has 0 saturated heterocycles. The van der Waals surface area contributed by atoms with Gasteiger partial charge < -0.3 is 15.0 Å². The fourth-order valence-electron chi connectivity index (χ4n) is 3.70. The first-order valence-corrected chi connectivity index (χ1v) is 10.1. The van der Waals surface area contributed by atoms with Gasteiger partial charge in [-0.3, -0.25) is 4.79 Å². The van der Waals surface area contributed by atoms with Crippen molar-refractivity contribution in [1.82, 2.24) is 5.32 Å². The molecule has 30 heavy (non-hydrogen) atoms. The minimum absolute atomic E-state index is 0.0212. The van der Waals surface area contributed by atoms with Crippen molar-refractivity contribution in [2.45, 2.75) is 32.5 Å². The van der Waals surface area contributed by atoms with Crippen molar-refractivity contribution in [3.05, 3.63) is 95.3 Å². The van der Waals surface area contributed by atoms with Gasteiger partial charge in [0.2, 0.25) is 5.91 Å². The van der Waals surface area contributed by atoms with E-state index in [4.69, 9.17) is 4.74 Å². The molecule has 0 bridgehead atoms. The second kappa shape index (κ2) is 8.99. The molecule has 4 rings (SSSR count). The van der Waals surface area contributed by atoms with Crippen molar-refractivity contribution in [2.75, 3.05) is 11.5 Å². The van der Waals surface area contributed by atoms with Crippen molar-refractivity contribution < 1.29 is 13.9 Å². The molecule has 5 heteroatoms. The average molecular weight is 404 g/mol. The van der Waals surface area contributed by atoms with Gasteiger partial charge in [0.25, 0.3) is 0 Å². The maximum absolute atomic E-state index is 13.3. The Balaban J connectivity index is 1.50. The number of hydrogen-bond donors (Lipinski definition) is 1. The summed E-state index contributed by atoms with van der Waals surface area (Å²) in [5, 5.41) is 3.00. The maximum Gasteiger partial charge on any atom is 0.222 e. The van der Waals surface area contributed by atoms with Gasteiger partial charge in [-0.1, -0.05) is 48.5 Å². The number of anilines is 1. The molecule has 1 amide bonds. The summed E-state index contributed by atoms with van der Waals surface area (Å²) in [6.07, 6.45) is 0.321. The summed E-state index contributed by atoms with van der Waals surface area (Å²) in [6.45, 7) is 3.53. The Bertz CT molecular complexity index is 1010. The zero-order valence-corrected chi connectivity index (χ0v) is 17.0. The van der Waals surface area contributed by atoms with E-state index in [0.29, 0.717) is 26.1 Å². The first kappa shape index (κ1) is 20.0. The van der Waals surface area contributed by atoms with Crippen LogP contribution in [0.2, 0.25) is 0 Å². The molecule has 1 aliphatic heterocycles. The smallest absolute Gasteiger partial charge is 0.222 e. The molecule has 154 valence electrons. The molecule has 0 fully saturated rings. The number of aryl methyl sites for hydroxylation is 1. The zero-order valence-electron chi connectivity index (χ0n) is 17.0. The second-order valence-electron chi connectivity index (χ2n) is 7.66. The summed E-state index contributed by atoms with van der Waals surface area (Å²) in [5.74, 6) is 0.541. The molecule has 1 heterocycles. The second-order valence-corrected chi connectivity index (χ2v) is 7.66. The molecular weight excluding hydrogens is 379 g/mol. The van der Waals surface area contributed by atoms with E-state index in [-0.39, 0.29) is 17.8 Å². The Morgan fingerprint density at radius 2 is 1.83 bits per heavy atom. The Morgan fingerprint density at radius 3 is 2.60 bits per heavy atom. The summed E-state index contributed by atoms with van der Waals surface area (Å²) < 4.78 is 19.3. The van der Waals surface area contributed by atoms with Crippen LogP contribution >= 0.6 is 0 Å². The van der Waals surface area contributed by atoms with Gasteiger partial charge in [-0.15, -0.1) is 0 Å². The Labute approximate surface area is 176 Å². The maximum atomic E-state index is 13.3. The fourth-order valence-corrected chi connectivity index (χ4v) is 3.70. The molecular formula is C25H25FN2O2. The Kier molecular flexibility index (Phi) is 5.98. The van der Waals surface area contributed by atoms with Crippen molar-refractivity contribution in [2.24, 2.45) is 0 Å². The third kappa shape index (κ3) is 4.79. The van der Waals surface area contributed by atoms with Gasteiger partial charge in [0.05, 0.1) is 18.2 Å². The highest BCUT2D eigenvalue weighted by Gasteiger charge is 2.29. The molecule has 1 atom stereocenters. The average Bonchev–Trinajstić information content (AvgIpc) is 2.76. The van der Waals surface area contributed by atoms with E-state index in [0.717, 1.165) is 28.1 Å². The van der Waals surface area contributed by atoms with Crippen molar-refractivity contribution in [3.63, 3.8) is 0 Å². The van der Waals surface area contributed by atoms with Crippen LogP contribution in [0.4, 0.5) is 10.1 Å². The van der Waals surface area contributed by atoms with Crippen LogP contribution in [0.1, 0.15) is 23.1 Å². The number of carbonyl (C=O) groups is 1. The van der Waals surface area contributed by atoms with E-state index in [1.807, 2.05) is 55.5 Å². The molecule has 4 nitrogen and oxygen atoms in total. The number of fused-ring (bicyclic) bond motifs is 1. The first-order valence-electron chi connectivity index (χ1n) is 10.1. The van der Waals surface area contributed by atoms with Gasteiger partial charge in [0.15, 0.2) is 0 Å². The summed E-state index contributed by atoms with van der Waals surface area (Å²) in [7, 11) is 0. The van der Waals surface area contributed by atoms with Gasteiger partial charge >= 0.3 is 0 Å². The molecule has 0 aromatic heterocycles. The quantitative estimate of drug-likeness (QED) is 0.652. The zero-order chi connectivity index (χ0) is 20.9. The lowest BCUT2D eigenvalue weighted by Gasteiger charge is -2.38. The lowest BCUT2D eigenvalue weighted by Crippen LogP contribution is -2.45. The molecule has 0 saturated carbocycles. The largest absolute Gasteiger partial charge is 0.489 e. The van der Waals surface area contributed by atoms with E-state index < -0.39 is 0 Å². The molecule has 3 aromatic rings. The van der Waals surface area contributed by atoms with Crippen molar-refractivity contribution in [1.29, 1.82) is 0 Å². The predicted molar refractivity (Wildman–Crippen MR) is 116 cm³/mol. The normalized spacial score (nSPS) is 15.3. The Morgan fingerprint density at radius 1 is 1.07 bits per heavy atom. The lowest BCUT2D eigenvalue weighted by molar-refractivity contribution is -0.121. The van der Waals surface area contributed by atoms with E-state index in [9.17, 15) is 9.18 Å². The first-order chi connectivity index (χ1) is 14.6. The van der Waals surface area contributed by atoms with Crippen molar-refractivity contribution >= 4 is 11.6 Å². The summed E-state index contributed by atoms with van der Waals surface area (Å²) in [5.41, 5.74) is 4.13. The van der Waals surface area contributed by atoms with Gasteiger partial charge in [0.1, 0.15) is 18.2 Å². The van der Waals surface area contributed by atoms with Crippen LogP contribution < -0.4 is 15.0 Å². The topological polar surface area (TPSA) is 41.6 Å². The minimum Gasteiger partial charge on any atom is -0.489 e. The van der Waals surface area contributed by atoms with Crippen LogP contribution in [0.15, 0.2) is 72.8 Å². The van der Waals surface area contributed by atoms with E-state index in [1.54, 1.807) is 12.1 Å². The summed E-state index contributed by atoms with van der Waals surface area (Å²) in [4.78, 5) is 14.8. The standard InChI is InChI=1S/C25H25FN2O2/c1-18-7-12-23-24(13-18)30-17-22(28(23)16-20-8-10-21(26)11-9-20)14-25(29)27-15-19-5-3-2-4-6-19/h2-13,22H,14-17H2,1H3,(H,27,29)/t22-/m1/s1. The fraction of sp³-hybridized carbons (Fsp3) is 0.240. The number of hydrogen-bond acceptors (Lipinski definition) is 3. The Hall–Kier alpha value is -3.34. The summed E-state index contributed by atoms with van der Waals surface area (Å²) in [6, 6.07) is 22.3. The molecule has 1 N–H and O–H groups in total. The van der Waals surface area contributed by atoms with Crippen molar-refractivity contribution in [3.8, 4) is 5.75 Å². The number of ether oxygens (including phenoxy) is 1. The van der Waals surface area contributed by atoms with E-state index in [2.05, 4.69) is 10.2 Å². The molecule has 0 radical (unpaired) electrons. The monoisotopic (exact) mass is 404 g/mol. The van der Waals surface area contributed by atoms with Crippen LogP contribution in [-0.2, 0) is 17.9 Å². The third-order valence-corrected chi connectivity index (χ3v) is 5.32. The molecule has 3 aromatic carbocycles. The van der Waals surface area contributed by atoms with Gasteiger partial charge in [-0.25, -0.2) is 4.39 Å². The lowest BCUT2D eigenvalue weighted by atomic mass is 10.0. The molecule has 0 spiro atoms. The van der Waals surface area contributed by atoms with E-state index >= 15 is 0 Å². The number of nitrogens with zero attached hydrogens (tertiary/aromatic N) is 1. The molecule has 0 aliphatic carbocycles. The van der Waals surface area contributed by atoms with Crippen LogP contribution in [0.5, 0.6) is 5.75 Å².